The highest BCUT2D eigenvalue weighted by atomic mass is 19.4. The van der Waals surface area contributed by atoms with Gasteiger partial charge in [-0.15, -0.1) is 0 Å². The number of hydrogen-bond acceptors (Lipinski definition) is 8. The zero-order chi connectivity index (χ0) is 40.6. The van der Waals surface area contributed by atoms with E-state index >= 15 is 0 Å². The van der Waals surface area contributed by atoms with Crippen LogP contribution in [0.3, 0.4) is 0 Å². The highest BCUT2D eigenvalue weighted by Gasteiger charge is 2.39. The number of rotatable bonds is 18. The number of nitrogens with one attached hydrogen (secondary N) is 1. The number of hydrogen-bond donors (Lipinski definition) is 1. The van der Waals surface area contributed by atoms with Crippen LogP contribution in [0, 0.1) is 29.1 Å². The number of carbonyl (C=O) groups is 1. The first-order valence-electron chi connectivity index (χ1n) is 18.7. The lowest BCUT2D eigenvalue weighted by atomic mass is 9.96. The fraction of sp³-hybridized carbons (Fsp3) is 0.585. The molecule has 2 heterocycles. The van der Waals surface area contributed by atoms with Crippen molar-refractivity contribution < 1.29 is 22.7 Å². The normalized spacial score (nSPS) is 15.3. The number of aromatic nitrogens is 2. The number of carbonyl (C=O) groups excluding carboxylic acids is 1. The van der Waals surface area contributed by atoms with Crippen LogP contribution >= 0.6 is 0 Å². The number of ketones is 1. The van der Waals surface area contributed by atoms with Crippen LogP contribution in [-0.2, 0) is 15.7 Å². The van der Waals surface area contributed by atoms with Crippen LogP contribution in [0.5, 0.6) is 0 Å². The topological polar surface area (TPSA) is 115 Å². The first kappa shape index (κ1) is 48.6. The molecule has 1 saturated heterocycles. The number of nitrogens with zero attached hydrogens (tertiary/aromatic N) is 5. The lowest BCUT2D eigenvalue weighted by Gasteiger charge is -2.24. The zero-order valence-electron chi connectivity index (χ0n) is 33.5. The van der Waals surface area contributed by atoms with E-state index in [-0.39, 0.29) is 17.4 Å². The highest BCUT2D eigenvalue weighted by Crippen LogP contribution is 2.34. The van der Waals surface area contributed by atoms with E-state index in [0.717, 1.165) is 75.8 Å². The van der Waals surface area contributed by atoms with Crippen LogP contribution in [0.4, 0.5) is 18.9 Å². The lowest BCUT2D eigenvalue weighted by molar-refractivity contribution is -0.138. The van der Waals surface area contributed by atoms with Crippen molar-refractivity contribution in [3.63, 3.8) is 0 Å². The van der Waals surface area contributed by atoms with Crippen LogP contribution in [-0.4, -0.2) is 60.4 Å². The van der Waals surface area contributed by atoms with Gasteiger partial charge in [0.2, 0.25) is 0 Å². The van der Waals surface area contributed by atoms with Gasteiger partial charge in [0.05, 0.1) is 24.6 Å². The molecule has 0 amide bonds. The second kappa shape index (κ2) is 26.4. The number of anilines is 1. The van der Waals surface area contributed by atoms with Crippen molar-refractivity contribution in [2.75, 3.05) is 38.2 Å². The number of Topliss-reactive ketones (excluding diaryl/α,β-unsaturated/α-hetero) is 1. The molecule has 0 radical (unpaired) electrons. The third-order valence-electron chi connectivity index (χ3n) is 8.64. The molecule has 12 heteroatoms. The Morgan fingerprint density at radius 1 is 1.08 bits per heavy atom. The predicted octanol–water partition coefficient (Wildman–Crippen LogP) is 9.83. The fourth-order valence-electron chi connectivity index (χ4n) is 4.94. The van der Waals surface area contributed by atoms with Gasteiger partial charge in [0.1, 0.15) is 23.2 Å². The quantitative estimate of drug-likeness (QED) is 0.0523. The molecule has 296 valence electrons. The SMILES string of the molecule is C=C(C#N)/C=N\C(=C/C(C)CC)N(CCC)CCC.C=C/C(=C\C(=C/C(C)CC)OC)C(=O)C(C)CC.O=c1[nH]ncc(N2CCCC2)c1C(F)(F)F. The maximum Gasteiger partial charge on any atom is 0.423 e. The molecule has 1 aromatic heterocycles. The lowest BCUT2D eigenvalue weighted by Crippen LogP contribution is -2.29. The summed E-state index contributed by atoms with van der Waals surface area (Å²) >= 11 is 0. The monoisotopic (exact) mass is 744 g/mol. The minimum atomic E-state index is -4.64. The number of ether oxygens (including phenoxy) is 1. The van der Waals surface area contributed by atoms with E-state index < -0.39 is 17.3 Å². The van der Waals surface area contributed by atoms with Crippen LogP contribution in [0.25, 0.3) is 0 Å². The smallest absolute Gasteiger partial charge is 0.423 e. The summed E-state index contributed by atoms with van der Waals surface area (Å²) in [5, 5.41) is 14.0. The third-order valence-corrected chi connectivity index (χ3v) is 8.64. The first-order chi connectivity index (χ1) is 25.1. The van der Waals surface area contributed by atoms with Gasteiger partial charge in [-0.05, 0) is 75.0 Å². The van der Waals surface area contributed by atoms with E-state index in [1.807, 2.05) is 31.1 Å². The molecule has 1 N–H and O–H groups in total. The van der Waals surface area contributed by atoms with Crippen molar-refractivity contribution in [3.8, 4) is 6.07 Å². The van der Waals surface area contributed by atoms with Gasteiger partial charge in [-0.25, -0.2) is 10.1 Å². The number of aliphatic imine (C=N–C) groups is 1. The van der Waals surface area contributed by atoms with Gasteiger partial charge in [-0.3, -0.25) is 9.59 Å². The van der Waals surface area contributed by atoms with Crippen LogP contribution < -0.4 is 10.5 Å². The summed E-state index contributed by atoms with van der Waals surface area (Å²) < 4.78 is 43.4. The van der Waals surface area contributed by atoms with Crippen molar-refractivity contribution in [1.82, 2.24) is 15.1 Å². The molecule has 3 atom stereocenters. The number of H-pyrrole nitrogens is 1. The molecular weight excluding hydrogens is 681 g/mol. The molecule has 3 unspecified atom stereocenters. The van der Waals surface area contributed by atoms with Gasteiger partial charge in [-0.2, -0.15) is 23.5 Å². The first-order valence-corrected chi connectivity index (χ1v) is 18.7. The Balaban J connectivity index is 0.000000767. The molecule has 1 aliphatic heterocycles. The largest absolute Gasteiger partial charge is 0.497 e. The molecule has 0 aliphatic carbocycles. The maximum absolute atomic E-state index is 12.7. The summed E-state index contributed by atoms with van der Waals surface area (Å²) in [5.41, 5.74) is -1.43. The van der Waals surface area contributed by atoms with Gasteiger partial charge >= 0.3 is 6.18 Å². The fourth-order valence-corrected chi connectivity index (χ4v) is 4.94. The number of halogens is 3. The summed E-state index contributed by atoms with van der Waals surface area (Å²) in [7, 11) is 1.62. The Labute approximate surface area is 316 Å². The minimum absolute atomic E-state index is 0.0240. The highest BCUT2D eigenvalue weighted by molar-refractivity contribution is 5.99. The van der Waals surface area contributed by atoms with Crippen molar-refractivity contribution in [3.05, 3.63) is 82.3 Å². The number of aromatic amines is 1. The average Bonchev–Trinajstić information content (AvgIpc) is 3.69. The van der Waals surface area contributed by atoms with Gasteiger partial charge in [0.25, 0.3) is 5.56 Å². The second-order valence-corrected chi connectivity index (χ2v) is 13.1. The van der Waals surface area contributed by atoms with Gasteiger partial charge in [0, 0.05) is 43.9 Å². The van der Waals surface area contributed by atoms with Crippen molar-refractivity contribution in [2.24, 2.45) is 22.7 Å². The Hall–Kier alpha value is -4.40. The predicted molar refractivity (Wildman–Crippen MR) is 212 cm³/mol. The Morgan fingerprint density at radius 3 is 2.09 bits per heavy atom. The Bertz CT molecular complexity index is 1490. The zero-order valence-corrected chi connectivity index (χ0v) is 33.5. The Kier molecular flexibility index (Phi) is 24.2. The summed E-state index contributed by atoms with van der Waals surface area (Å²) in [6, 6.07) is 2.00. The van der Waals surface area contributed by atoms with E-state index in [1.165, 1.54) is 0 Å². The molecule has 0 bridgehead atoms. The molecule has 9 nitrogen and oxygen atoms in total. The van der Waals surface area contributed by atoms with Gasteiger partial charge in [-0.1, -0.05) is 74.6 Å². The summed E-state index contributed by atoms with van der Waals surface area (Å²) in [6.45, 7) is 27.3. The van der Waals surface area contributed by atoms with E-state index in [2.05, 4.69) is 75.8 Å². The Morgan fingerprint density at radius 2 is 1.64 bits per heavy atom. The third kappa shape index (κ3) is 18.3. The van der Waals surface area contributed by atoms with Crippen LogP contribution in [0.2, 0.25) is 0 Å². The molecular formula is C41H63F3N6O3. The number of allylic oxidation sites excluding steroid dienone is 6. The standard InChI is InChI=1S/C16H27N3.C16H26O2.C9H10F3N3O/c1-6-9-19(10-7-2)16(11-14(4)8-3)18-13-15(5)12-17;1-7-12(4)10-15(18-6)11-14(9-3)16(17)13(5)8-2;10-9(11,12)7-6(5-13-14-8(7)16)15-3-1-2-4-15/h11,13-14H,5-10H2,1-4H3;9-13H,3,7-8H2,1-2,4-6H3;5H,1-4H2,(H,14,16)/b16-11+,18-13-;14-11+,15-10+;. The summed E-state index contributed by atoms with van der Waals surface area (Å²) in [5.74, 6) is 2.76. The van der Waals surface area contributed by atoms with Crippen LogP contribution in [0.1, 0.15) is 106 Å². The van der Waals surface area contributed by atoms with E-state index in [0.29, 0.717) is 36.1 Å². The van der Waals surface area contributed by atoms with Gasteiger partial charge < -0.3 is 14.5 Å². The van der Waals surface area contributed by atoms with E-state index in [9.17, 15) is 22.8 Å². The average molecular weight is 745 g/mol. The van der Waals surface area contributed by atoms with E-state index in [1.54, 1.807) is 30.4 Å². The molecule has 0 aromatic carbocycles. The van der Waals surface area contributed by atoms with Crippen molar-refractivity contribution in [1.29, 1.82) is 5.26 Å². The maximum atomic E-state index is 12.7. The molecule has 1 aliphatic rings. The molecule has 53 heavy (non-hydrogen) atoms. The van der Waals surface area contributed by atoms with E-state index in [4.69, 9.17) is 10.00 Å². The number of methoxy groups -OCH3 is 1. The van der Waals surface area contributed by atoms with Gasteiger partial charge in [0.15, 0.2) is 5.78 Å². The summed E-state index contributed by atoms with van der Waals surface area (Å²) in [6.07, 6.45) is 12.4. The van der Waals surface area contributed by atoms with Crippen molar-refractivity contribution >= 4 is 17.7 Å². The number of nitriles is 1. The van der Waals surface area contributed by atoms with Crippen molar-refractivity contribution in [2.45, 2.75) is 107 Å². The second-order valence-electron chi connectivity index (χ2n) is 13.1. The minimum Gasteiger partial charge on any atom is -0.497 e. The molecule has 1 aromatic rings. The van der Waals surface area contributed by atoms with Crippen LogP contribution in [0.15, 0.2) is 76.2 Å². The molecule has 2 rings (SSSR count). The molecule has 1 fully saturated rings. The summed E-state index contributed by atoms with van der Waals surface area (Å²) in [4.78, 5) is 31.6. The molecule has 0 spiro atoms. The number of alkyl halides is 3. The molecule has 0 saturated carbocycles.